The summed E-state index contributed by atoms with van der Waals surface area (Å²) in [5.41, 5.74) is 0.317. The monoisotopic (exact) mass is 475 g/mol. The average Bonchev–Trinajstić information content (AvgIpc) is 3.22. The quantitative estimate of drug-likeness (QED) is 0.636. The lowest BCUT2D eigenvalue weighted by molar-refractivity contribution is -0.138. The Bertz CT molecular complexity index is 1020. The van der Waals surface area contributed by atoms with E-state index < -0.39 is 11.7 Å². The van der Waals surface area contributed by atoms with E-state index in [-0.39, 0.29) is 17.9 Å². The van der Waals surface area contributed by atoms with Crippen molar-refractivity contribution in [3.05, 3.63) is 47.7 Å². The summed E-state index contributed by atoms with van der Waals surface area (Å²) in [7, 11) is 0. The predicted molar refractivity (Wildman–Crippen MR) is 120 cm³/mol. The van der Waals surface area contributed by atoms with Crippen LogP contribution >= 0.6 is 0 Å². The van der Waals surface area contributed by atoms with Gasteiger partial charge in [0.1, 0.15) is 5.82 Å². The molecule has 3 aliphatic rings. The van der Waals surface area contributed by atoms with E-state index in [0.717, 1.165) is 55.1 Å². The van der Waals surface area contributed by atoms with E-state index in [0.29, 0.717) is 45.0 Å². The first-order chi connectivity index (χ1) is 16.4. The summed E-state index contributed by atoms with van der Waals surface area (Å²) < 4.78 is 50.0. The molecule has 182 valence electrons. The van der Waals surface area contributed by atoms with Crippen molar-refractivity contribution in [3.63, 3.8) is 0 Å². The van der Waals surface area contributed by atoms with Crippen molar-refractivity contribution in [2.45, 2.75) is 44.3 Å². The Morgan fingerprint density at radius 3 is 2.41 bits per heavy atom. The predicted octanol–water partition coefficient (Wildman–Crippen LogP) is 4.84. The molecule has 0 N–H and O–H groups in total. The van der Waals surface area contributed by atoms with Crippen molar-refractivity contribution in [3.8, 4) is 11.5 Å². The molecule has 5 rings (SSSR count). The molecule has 0 saturated carbocycles. The topological polar surface area (TPSA) is 54.9 Å². The van der Waals surface area contributed by atoms with Crippen LogP contribution in [0.5, 0.6) is 11.5 Å². The number of pyridine rings is 1. The van der Waals surface area contributed by atoms with E-state index in [1.54, 1.807) is 0 Å². The first-order valence-electron chi connectivity index (χ1n) is 11.9. The van der Waals surface area contributed by atoms with Crippen LogP contribution < -0.4 is 14.4 Å². The summed E-state index contributed by atoms with van der Waals surface area (Å²) in [5, 5.41) is 0. The molecular weight excluding hydrogens is 447 g/mol. The number of amides is 1. The number of carbonyl (C=O) groups excluding carboxylic acids is 1. The van der Waals surface area contributed by atoms with Crippen LogP contribution in [0.2, 0.25) is 0 Å². The van der Waals surface area contributed by atoms with Crippen LogP contribution in [-0.2, 0) is 11.0 Å². The molecule has 0 spiro atoms. The highest BCUT2D eigenvalue weighted by Gasteiger charge is 2.36. The van der Waals surface area contributed by atoms with E-state index in [1.165, 1.54) is 6.07 Å². The smallest absolute Gasteiger partial charge is 0.417 e. The maximum absolute atomic E-state index is 13.4. The molecule has 0 bridgehead atoms. The normalized spacial score (nSPS) is 21.4. The van der Waals surface area contributed by atoms with Gasteiger partial charge in [0.25, 0.3) is 0 Å². The number of aromatic nitrogens is 1. The first-order valence-corrected chi connectivity index (χ1v) is 11.9. The van der Waals surface area contributed by atoms with Gasteiger partial charge in [0.2, 0.25) is 5.91 Å². The number of carbonyl (C=O) groups is 1. The van der Waals surface area contributed by atoms with Gasteiger partial charge in [0.15, 0.2) is 11.5 Å². The SMILES string of the molecule is O=C(C1CCN(c2ccc(C(F)(F)F)cn2)CC1)N1CCCC1c1ccc2c(c1)OCCCO2. The van der Waals surface area contributed by atoms with E-state index in [1.807, 2.05) is 28.0 Å². The van der Waals surface area contributed by atoms with Crippen LogP contribution in [0.4, 0.5) is 19.0 Å². The van der Waals surface area contributed by atoms with Gasteiger partial charge in [-0.25, -0.2) is 4.98 Å². The molecule has 2 aromatic rings. The third kappa shape index (κ3) is 4.65. The van der Waals surface area contributed by atoms with Crippen LogP contribution in [0.15, 0.2) is 36.5 Å². The Labute approximate surface area is 196 Å². The maximum Gasteiger partial charge on any atom is 0.417 e. The lowest BCUT2D eigenvalue weighted by atomic mass is 9.94. The number of piperidine rings is 1. The Kier molecular flexibility index (Phi) is 6.27. The Balaban J connectivity index is 1.22. The van der Waals surface area contributed by atoms with Gasteiger partial charge in [-0.1, -0.05) is 6.07 Å². The molecule has 1 amide bonds. The van der Waals surface area contributed by atoms with Gasteiger partial charge in [-0.2, -0.15) is 13.2 Å². The van der Waals surface area contributed by atoms with Crippen LogP contribution in [0.1, 0.15) is 49.3 Å². The lowest BCUT2D eigenvalue weighted by Gasteiger charge is -2.35. The molecule has 1 aromatic carbocycles. The van der Waals surface area contributed by atoms with Gasteiger partial charge in [0, 0.05) is 38.2 Å². The number of hydrogen-bond acceptors (Lipinski definition) is 5. The number of hydrogen-bond donors (Lipinski definition) is 0. The molecule has 0 aliphatic carbocycles. The molecule has 4 heterocycles. The summed E-state index contributed by atoms with van der Waals surface area (Å²) in [6.07, 6.45) is 0.514. The fourth-order valence-electron chi connectivity index (χ4n) is 5.10. The number of alkyl halides is 3. The van der Waals surface area contributed by atoms with Crippen molar-refractivity contribution in [2.24, 2.45) is 5.92 Å². The second-order valence-corrected chi connectivity index (χ2v) is 9.11. The van der Waals surface area contributed by atoms with Gasteiger partial charge >= 0.3 is 6.18 Å². The summed E-state index contributed by atoms with van der Waals surface area (Å²) in [6, 6.07) is 8.47. The van der Waals surface area contributed by atoms with Crippen LogP contribution in [0.25, 0.3) is 0 Å². The average molecular weight is 476 g/mol. The molecular formula is C25H28F3N3O3. The van der Waals surface area contributed by atoms with Crippen LogP contribution in [-0.4, -0.2) is 48.6 Å². The van der Waals surface area contributed by atoms with Crippen molar-refractivity contribution < 1.29 is 27.4 Å². The minimum Gasteiger partial charge on any atom is -0.490 e. The minimum atomic E-state index is -4.40. The highest BCUT2D eigenvalue weighted by Crippen LogP contribution is 2.39. The summed E-state index contributed by atoms with van der Waals surface area (Å²) in [5.74, 6) is 2.08. The highest BCUT2D eigenvalue weighted by atomic mass is 19.4. The number of rotatable bonds is 3. The fraction of sp³-hybridized carbons (Fsp3) is 0.520. The molecule has 1 unspecified atom stereocenters. The van der Waals surface area contributed by atoms with E-state index in [2.05, 4.69) is 4.98 Å². The zero-order valence-electron chi connectivity index (χ0n) is 18.9. The summed E-state index contributed by atoms with van der Waals surface area (Å²) >= 11 is 0. The molecule has 2 fully saturated rings. The number of nitrogens with zero attached hydrogens (tertiary/aromatic N) is 3. The van der Waals surface area contributed by atoms with Crippen molar-refractivity contribution >= 4 is 11.7 Å². The van der Waals surface area contributed by atoms with Crippen molar-refractivity contribution in [1.29, 1.82) is 0 Å². The zero-order valence-corrected chi connectivity index (χ0v) is 18.9. The molecule has 3 aliphatic heterocycles. The molecule has 1 atom stereocenters. The molecule has 6 nitrogen and oxygen atoms in total. The third-order valence-corrected chi connectivity index (χ3v) is 6.94. The molecule has 34 heavy (non-hydrogen) atoms. The number of fused-ring (bicyclic) bond motifs is 1. The van der Waals surface area contributed by atoms with Gasteiger partial charge in [-0.3, -0.25) is 4.79 Å². The number of benzene rings is 1. The number of halogens is 3. The van der Waals surface area contributed by atoms with Crippen LogP contribution in [0, 0.1) is 5.92 Å². The van der Waals surface area contributed by atoms with E-state index >= 15 is 0 Å². The summed E-state index contributed by atoms with van der Waals surface area (Å²) in [6.45, 7) is 3.18. The van der Waals surface area contributed by atoms with Gasteiger partial charge < -0.3 is 19.3 Å². The molecule has 2 saturated heterocycles. The number of anilines is 1. The standard InChI is InChI=1S/C25H28F3N3O3/c26-25(27,28)19-5-7-23(29-16-19)30-11-8-17(9-12-30)24(32)31-10-1-3-20(31)18-4-6-21-22(15-18)34-14-2-13-33-21/h4-7,15-17,20H,1-3,8-14H2. The van der Waals surface area contributed by atoms with E-state index in [4.69, 9.17) is 9.47 Å². The molecule has 1 aromatic heterocycles. The van der Waals surface area contributed by atoms with Gasteiger partial charge in [-0.05, 0) is 55.5 Å². The Hall–Kier alpha value is -2.97. The second-order valence-electron chi connectivity index (χ2n) is 9.11. The lowest BCUT2D eigenvalue weighted by Crippen LogP contribution is -2.42. The number of ether oxygens (including phenoxy) is 2. The van der Waals surface area contributed by atoms with Crippen LogP contribution in [0.3, 0.4) is 0 Å². The zero-order chi connectivity index (χ0) is 23.7. The van der Waals surface area contributed by atoms with Crippen molar-refractivity contribution in [2.75, 3.05) is 37.7 Å². The van der Waals surface area contributed by atoms with E-state index in [9.17, 15) is 18.0 Å². The van der Waals surface area contributed by atoms with Gasteiger partial charge in [-0.15, -0.1) is 0 Å². The summed E-state index contributed by atoms with van der Waals surface area (Å²) in [4.78, 5) is 21.4. The van der Waals surface area contributed by atoms with Gasteiger partial charge in [0.05, 0.1) is 24.8 Å². The Morgan fingerprint density at radius 2 is 1.71 bits per heavy atom. The fourth-order valence-corrected chi connectivity index (χ4v) is 5.10. The molecule has 0 radical (unpaired) electrons. The second kappa shape index (κ2) is 9.35. The first kappa shape index (κ1) is 22.8. The largest absolute Gasteiger partial charge is 0.490 e. The highest BCUT2D eigenvalue weighted by molar-refractivity contribution is 5.80. The number of likely N-dealkylation sites (tertiary alicyclic amines) is 1. The maximum atomic E-state index is 13.4. The minimum absolute atomic E-state index is 0.0271. The van der Waals surface area contributed by atoms with Crippen molar-refractivity contribution in [1.82, 2.24) is 9.88 Å². The molecule has 9 heteroatoms. The Morgan fingerprint density at radius 1 is 0.941 bits per heavy atom. The third-order valence-electron chi connectivity index (χ3n) is 6.94.